The lowest BCUT2D eigenvalue weighted by Gasteiger charge is -2.25. The normalized spacial score (nSPS) is 17.0. The summed E-state index contributed by atoms with van der Waals surface area (Å²) in [6.45, 7) is 0.677. The minimum absolute atomic E-state index is 0.163. The van der Waals surface area contributed by atoms with E-state index in [2.05, 4.69) is 37.9 Å². The topological polar surface area (TPSA) is 26.3 Å². The van der Waals surface area contributed by atoms with Crippen LogP contribution in [0.4, 0.5) is 0 Å². The molecule has 0 radical (unpaired) electrons. The molecule has 0 fully saturated rings. The quantitative estimate of drug-likeness (QED) is 0.638. The predicted molar refractivity (Wildman–Crippen MR) is 90.1 cm³/mol. The van der Waals surface area contributed by atoms with Crippen LogP contribution in [0.2, 0.25) is 0 Å². The van der Waals surface area contributed by atoms with Crippen molar-refractivity contribution in [3.8, 4) is 5.75 Å². The summed E-state index contributed by atoms with van der Waals surface area (Å²) in [6.07, 6.45) is 1.40. The van der Waals surface area contributed by atoms with Gasteiger partial charge < -0.3 is 4.74 Å². The van der Waals surface area contributed by atoms with E-state index in [9.17, 15) is 4.79 Å². The second-order valence-electron chi connectivity index (χ2n) is 5.12. The molecule has 0 bridgehead atoms. The highest BCUT2D eigenvalue weighted by Crippen LogP contribution is 2.36. The lowest BCUT2D eigenvalue weighted by atomic mass is 9.87. The highest BCUT2D eigenvalue weighted by Gasteiger charge is 2.24. The average molecular weight is 410 g/mol. The molecule has 0 aromatic heterocycles. The number of halogens is 2. The number of hydrogen-bond acceptors (Lipinski definition) is 2. The highest BCUT2D eigenvalue weighted by molar-refractivity contribution is 9.11. The van der Waals surface area contributed by atoms with Crippen LogP contribution in [0.1, 0.15) is 34.7 Å². The largest absolute Gasteiger partial charge is 0.493 e. The Morgan fingerprint density at radius 2 is 2.00 bits per heavy atom. The Morgan fingerprint density at radius 3 is 2.81 bits per heavy atom. The molecule has 0 N–H and O–H groups in total. The van der Waals surface area contributed by atoms with Gasteiger partial charge in [0, 0.05) is 20.9 Å². The fourth-order valence-electron chi connectivity index (χ4n) is 2.68. The average Bonchev–Trinajstić information content (AvgIpc) is 2.47. The Morgan fingerprint density at radius 1 is 1.19 bits per heavy atom. The number of rotatable bonds is 3. The highest BCUT2D eigenvalue weighted by atomic mass is 79.9. The van der Waals surface area contributed by atoms with Crippen molar-refractivity contribution in [2.45, 2.75) is 18.8 Å². The summed E-state index contributed by atoms with van der Waals surface area (Å²) in [6, 6.07) is 13.7. The Kier molecular flexibility index (Phi) is 4.45. The van der Waals surface area contributed by atoms with E-state index < -0.39 is 0 Å². The standard InChI is InChI=1S/C17H14Br2O2/c18-12-5-6-14(15(19)10-12)16(20)9-11-7-8-21-17-4-2-1-3-13(11)17/h1-6,10-11H,7-9H2. The number of fused-ring (bicyclic) bond motifs is 1. The van der Waals surface area contributed by atoms with Crippen LogP contribution in [-0.4, -0.2) is 12.4 Å². The first-order valence-electron chi connectivity index (χ1n) is 6.85. The van der Waals surface area contributed by atoms with E-state index in [4.69, 9.17) is 4.74 Å². The van der Waals surface area contributed by atoms with Crippen LogP contribution >= 0.6 is 31.9 Å². The monoisotopic (exact) mass is 408 g/mol. The lowest BCUT2D eigenvalue weighted by Crippen LogP contribution is -2.17. The van der Waals surface area contributed by atoms with Gasteiger partial charge in [-0.1, -0.05) is 50.1 Å². The minimum atomic E-state index is 0.163. The lowest BCUT2D eigenvalue weighted by molar-refractivity contribution is 0.0965. The zero-order chi connectivity index (χ0) is 14.8. The van der Waals surface area contributed by atoms with Gasteiger partial charge in [0.25, 0.3) is 0 Å². The molecule has 0 saturated heterocycles. The van der Waals surface area contributed by atoms with Crippen LogP contribution in [0.15, 0.2) is 51.4 Å². The number of benzene rings is 2. The van der Waals surface area contributed by atoms with Crippen molar-refractivity contribution in [3.63, 3.8) is 0 Å². The second kappa shape index (κ2) is 6.32. The molecule has 2 nitrogen and oxygen atoms in total. The molecule has 1 aliphatic heterocycles. The maximum Gasteiger partial charge on any atom is 0.164 e. The molecule has 1 heterocycles. The molecule has 108 valence electrons. The smallest absolute Gasteiger partial charge is 0.164 e. The molecule has 0 saturated carbocycles. The minimum Gasteiger partial charge on any atom is -0.493 e. The van der Waals surface area contributed by atoms with E-state index in [1.807, 2.05) is 36.4 Å². The van der Waals surface area contributed by atoms with Gasteiger partial charge in [-0.15, -0.1) is 0 Å². The number of Topliss-reactive ketones (excluding diaryl/α,β-unsaturated/α-hetero) is 1. The van der Waals surface area contributed by atoms with Crippen molar-refractivity contribution < 1.29 is 9.53 Å². The van der Waals surface area contributed by atoms with Crippen LogP contribution in [-0.2, 0) is 0 Å². The maximum atomic E-state index is 12.6. The zero-order valence-corrected chi connectivity index (χ0v) is 14.5. The van der Waals surface area contributed by atoms with Gasteiger partial charge in [0.1, 0.15) is 5.75 Å². The van der Waals surface area contributed by atoms with Gasteiger partial charge in [-0.25, -0.2) is 0 Å². The van der Waals surface area contributed by atoms with Crippen LogP contribution in [0, 0.1) is 0 Å². The fraction of sp³-hybridized carbons (Fsp3) is 0.235. The molecule has 1 unspecified atom stereocenters. The van der Waals surface area contributed by atoms with E-state index in [0.29, 0.717) is 13.0 Å². The first-order chi connectivity index (χ1) is 10.1. The van der Waals surface area contributed by atoms with E-state index >= 15 is 0 Å². The third-order valence-corrected chi connectivity index (χ3v) is 4.90. The summed E-state index contributed by atoms with van der Waals surface area (Å²) in [7, 11) is 0. The van der Waals surface area contributed by atoms with E-state index in [0.717, 1.165) is 32.2 Å². The Labute approximate surface area is 140 Å². The summed E-state index contributed by atoms with van der Waals surface area (Å²) in [5.74, 6) is 1.31. The summed E-state index contributed by atoms with van der Waals surface area (Å²) >= 11 is 6.88. The molecular weight excluding hydrogens is 396 g/mol. The zero-order valence-electron chi connectivity index (χ0n) is 11.3. The van der Waals surface area contributed by atoms with Crippen molar-refractivity contribution in [3.05, 3.63) is 62.5 Å². The summed E-state index contributed by atoms with van der Waals surface area (Å²) in [5.41, 5.74) is 1.88. The number of ether oxygens (including phenoxy) is 1. The Balaban J connectivity index is 1.83. The van der Waals surface area contributed by atoms with Gasteiger partial charge in [0.2, 0.25) is 0 Å². The first kappa shape index (κ1) is 14.8. The van der Waals surface area contributed by atoms with Crippen LogP contribution in [0.3, 0.4) is 0 Å². The first-order valence-corrected chi connectivity index (χ1v) is 8.43. The van der Waals surface area contributed by atoms with Crippen LogP contribution in [0.25, 0.3) is 0 Å². The molecule has 1 aliphatic rings. The second-order valence-corrected chi connectivity index (χ2v) is 6.89. The van der Waals surface area contributed by atoms with Gasteiger partial charge in [-0.05, 0) is 42.2 Å². The van der Waals surface area contributed by atoms with Crippen molar-refractivity contribution in [1.29, 1.82) is 0 Å². The number of hydrogen-bond donors (Lipinski definition) is 0. The van der Waals surface area contributed by atoms with Crippen molar-refractivity contribution in [1.82, 2.24) is 0 Å². The van der Waals surface area contributed by atoms with Gasteiger partial charge in [0.15, 0.2) is 5.78 Å². The van der Waals surface area contributed by atoms with Crippen molar-refractivity contribution in [2.75, 3.05) is 6.61 Å². The van der Waals surface area contributed by atoms with Crippen LogP contribution in [0.5, 0.6) is 5.75 Å². The molecule has 0 spiro atoms. The number of ketones is 1. The maximum absolute atomic E-state index is 12.6. The third kappa shape index (κ3) is 3.22. The SMILES string of the molecule is O=C(CC1CCOc2ccccc21)c1ccc(Br)cc1Br. The van der Waals surface area contributed by atoms with Gasteiger partial charge >= 0.3 is 0 Å². The summed E-state index contributed by atoms with van der Waals surface area (Å²) < 4.78 is 7.45. The fourth-order valence-corrected chi connectivity index (χ4v) is 3.95. The predicted octanol–water partition coefficient (Wildman–Crippen LogP) is 5.35. The molecule has 4 heteroatoms. The number of carbonyl (C=O) groups excluding carboxylic acids is 1. The van der Waals surface area contributed by atoms with E-state index in [-0.39, 0.29) is 11.7 Å². The molecule has 2 aromatic rings. The van der Waals surface area contributed by atoms with Gasteiger partial charge in [-0.2, -0.15) is 0 Å². The van der Waals surface area contributed by atoms with E-state index in [1.54, 1.807) is 0 Å². The summed E-state index contributed by atoms with van der Waals surface area (Å²) in [4.78, 5) is 12.6. The van der Waals surface area contributed by atoms with Crippen molar-refractivity contribution >= 4 is 37.6 Å². The van der Waals surface area contributed by atoms with Gasteiger partial charge in [0.05, 0.1) is 6.61 Å². The molecule has 0 aliphatic carbocycles. The molecule has 1 atom stereocenters. The third-order valence-electron chi connectivity index (χ3n) is 3.75. The molecule has 21 heavy (non-hydrogen) atoms. The van der Waals surface area contributed by atoms with Crippen molar-refractivity contribution in [2.24, 2.45) is 0 Å². The van der Waals surface area contributed by atoms with E-state index in [1.165, 1.54) is 0 Å². The number of carbonyl (C=O) groups is 1. The Hall–Kier alpha value is -1.13. The molecular formula is C17H14Br2O2. The molecule has 3 rings (SSSR count). The van der Waals surface area contributed by atoms with Gasteiger partial charge in [-0.3, -0.25) is 4.79 Å². The Bertz CT molecular complexity index is 682. The van der Waals surface area contributed by atoms with Crippen LogP contribution < -0.4 is 4.74 Å². The number of para-hydroxylation sites is 1. The molecule has 0 amide bonds. The summed E-state index contributed by atoms with van der Waals surface area (Å²) in [5, 5.41) is 0. The molecule has 2 aromatic carbocycles.